The molecule has 1 N–H and O–H groups in total. The second kappa shape index (κ2) is 6.89. The van der Waals surface area contributed by atoms with Gasteiger partial charge in [0.25, 0.3) is 5.91 Å². The van der Waals surface area contributed by atoms with E-state index in [2.05, 4.69) is 33.1 Å². The van der Waals surface area contributed by atoms with E-state index in [1.165, 1.54) is 18.7 Å². The van der Waals surface area contributed by atoms with E-state index in [1.807, 2.05) is 49.5 Å². The Hall–Kier alpha value is -3.12. The summed E-state index contributed by atoms with van der Waals surface area (Å²) in [6.45, 7) is 1.40. The molecule has 0 unspecified atom stereocenters. The van der Waals surface area contributed by atoms with Crippen LogP contribution >= 0.6 is 11.8 Å². The SMILES string of the molecule is CC(=O)NC1=NC(=O)/C(=C/c2c(-c3ccccc3)n(C)c3ccccc23)S1. The highest BCUT2D eigenvalue weighted by atomic mass is 32.2. The highest BCUT2D eigenvalue weighted by Crippen LogP contribution is 2.37. The van der Waals surface area contributed by atoms with Crippen molar-refractivity contribution < 1.29 is 9.59 Å². The van der Waals surface area contributed by atoms with Gasteiger partial charge in [-0.15, -0.1) is 0 Å². The highest BCUT2D eigenvalue weighted by molar-refractivity contribution is 8.18. The summed E-state index contributed by atoms with van der Waals surface area (Å²) in [6, 6.07) is 18.2. The molecule has 2 aromatic carbocycles. The quantitative estimate of drug-likeness (QED) is 0.690. The number of nitrogens with zero attached hydrogens (tertiary/aromatic N) is 2. The summed E-state index contributed by atoms with van der Waals surface area (Å²) in [6.07, 6.45) is 1.87. The number of amidine groups is 1. The maximum atomic E-state index is 12.3. The molecular weight excluding hydrogens is 358 g/mol. The lowest BCUT2D eigenvalue weighted by Crippen LogP contribution is -2.23. The number of carbonyl (C=O) groups is 2. The minimum absolute atomic E-state index is 0.245. The van der Waals surface area contributed by atoms with Crippen molar-refractivity contribution in [2.75, 3.05) is 0 Å². The molecule has 1 aromatic heterocycles. The Kier molecular flexibility index (Phi) is 4.41. The van der Waals surface area contributed by atoms with Crippen LogP contribution in [0.1, 0.15) is 12.5 Å². The van der Waals surface area contributed by atoms with Gasteiger partial charge in [-0.3, -0.25) is 9.59 Å². The van der Waals surface area contributed by atoms with Crippen LogP contribution in [0, 0.1) is 0 Å². The average Bonchev–Trinajstić information content (AvgIpc) is 3.13. The zero-order valence-electron chi connectivity index (χ0n) is 14.9. The van der Waals surface area contributed by atoms with E-state index in [-0.39, 0.29) is 11.8 Å². The number of amides is 2. The molecule has 0 fully saturated rings. The minimum atomic E-state index is -0.337. The standard InChI is InChI=1S/C21H17N3O2S/c1-13(25)22-21-23-20(26)18(27-21)12-16-15-10-6-7-11-17(15)24(2)19(16)14-8-4-3-5-9-14/h3-12H,1-2H3,(H,22,23,25,26)/b18-12-. The fourth-order valence-electron chi connectivity index (χ4n) is 3.26. The second-order valence-electron chi connectivity index (χ2n) is 6.22. The van der Waals surface area contributed by atoms with E-state index in [1.54, 1.807) is 0 Å². The van der Waals surface area contributed by atoms with Crippen molar-refractivity contribution in [3.63, 3.8) is 0 Å². The van der Waals surface area contributed by atoms with Gasteiger partial charge >= 0.3 is 0 Å². The number of benzene rings is 2. The molecule has 27 heavy (non-hydrogen) atoms. The molecule has 0 spiro atoms. The van der Waals surface area contributed by atoms with E-state index in [9.17, 15) is 9.59 Å². The Labute approximate surface area is 160 Å². The third-order valence-electron chi connectivity index (χ3n) is 4.37. The largest absolute Gasteiger partial charge is 0.343 e. The molecular formula is C21H17N3O2S. The summed E-state index contributed by atoms with van der Waals surface area (Å²) in [7, 11) is 2.02. The van der Waals surface area contributed by atoms with Crippen molar-refractivity contribution >= 4 is 45.7 Å². The van der Waals surface area contributed by atoms with Crippen LogP contribution in [0.5, 0.6) is 0 Å². The lowest BCUT2D eigenvalue weighted by molar-refractivity contribution is -0.117. The van der Waals surface area contributed by atoms with Crippen molar-refractivity contribution in [2.45, 2.75) is 6.92 Å². The Morgan fingerprint density at radius 1 is 1.11 bits per heavy atom. The lowest BCUT2D eigenvalue weighted by atomic mass is 10.0. The fourth-order valence-corrected chi connectivity index (χ4v) is 4.10. The zero-order chi connectivity index (χ0) is 19.0. The van der Waals surface area contributed by atoms with Gasteiger partial charge in [0, 0.05) is 30.4 Å². The molecule has 1 aliphatic rings. The molecule has 0 atom stereocenters. The third kappa shape index (κ3) is 3.19. The van der Waals surface area contributed by atoms with Gasteiger partial charge < -0.3 is 9.88 Å². The molecule has 2 heterocycles. The van der Waals surface area contributed by atoms with Crippen LogP contribution in [-0.2, 0) is 16.6 Å². The topological polar surface area (TPSA) is 63.5 Å². The number of nitrogens with one attached hydrogen (secondary N) is 1. The maximum Gasteiger partial charge on any atom is 0.286 e. The number of carbonyl (C=O) groups excluding carboxylic acids is 2. The summed E-state index contributed by atoms with van der Waals surface area (Å²) in [5.74, 6) is -0.582. The van der Waals surface area contributed by atoms with Crippen molar-refractivity contribution in [3.8, 4) is 11.3 Å². The smallest absolute Gasteiger partial charge is 0.286 e. The number of hydrogen-bond donors (Lipinski definition) is 1. The minimum Gasteiger partial charge on any atom is -0.343 e. The number of fused-ring (bicyclic) bond motifs is 1. The monoisotopic (exact) mass is 375 g/mol. The van der Waals surface area contributed by atoms with Crippen molar-refractivity contribution in [1.29, 1.82) is 0 Å². The first kappa shape index (κ1) is 17.3. The Balaban J connectivity index is 1.87. The molecule has 0 bridgehead atoms. The van der Waals surface area contributed by atoms with E-state index >= 15 is 0 Å². The van der Waals surface area contributed by atoms with E-state index in [0.29, 0.717) is 10.1 Å². The highest BCUT2D eigenvalue weighted by Gasteiger charge is 2.24. The van der Waals surface area contributed by atoms with Crippen LogP contribution in [0.3, 0.4) is 0 Å². The molecule has 4 rings (SSSR count). The molecule has 0 saturated carbocycles. The van der Waals surface area contributed by atoms with Crippen LogP contribution in [0.4, 0.5) is 0 Å². The summed E-state index contributed by atoms with van der Waals surface area (Å²) >= 11 is 1.18. The van der Waals surface area contributed by atoms with Gasteiger partial charge in [0.05, 0.1) is 10.6 Å². The zero-order valence-corrected chi connectivity index (χ0v) is 15.7. The van der Waals surface area contributed by atoms with Crippen LogP contribution in [-0.4, -0.2) is 21.5 Å². The lowest BCUT2D eigenvalue weighted by Gasteiger charge is -2.06. The van der Waals surface area contributed by atoms with Crippen LogP contribution < -0.4 is 5.32 Å². The van der Waals surface area contributed by atoms with Gasteiger partial charge in [0.2, 0.25) is 5.91 Å². The van der Waals surface area contributed by atoms with Gasteiger partial charge in [0.1, 0.15) is 0 Å². The summed E-state index contributed by atoms with van der Waals surface area (Å²) in [5, 5.41) is 3.97. The number of aryl methyl sites for hydroxylation is 1. The molecule has 3 aromatic rings. The molecule has 6 heteroatoms. The molecule has 1 aliphatic heterocycles. The van der Waals surface area contributed by atoms with E-state index in [4.69, 9.17) is 0 Å². The molecule has 0 radical (unpaired) electrons. The number of hydrogen-bond acceptors (Lipinski definition) is 3. The summed E-state index contributed by atoms with van der Waals surface area (Å²) < 4.78 is 2.14. The first-order valence-electron chi connectivity index (χ1n) is 8.47. The first-order chi connectivity index (χ1) is 13.0. The first-order valence-corrected chi connectivity index (χ1v) is 9.29. The third-order valence-corrected chi connectivity index (χ3v) is 5.27. The molecule has 2 amide bonds. The van der Waals surface area contributed by atoms with Gasteiger partial charge in [-0.05, 0) is 29.5 Å². The second-order valence-corrected chi connectivity index (χ2v) is 7.25. The number of rotatable bonds is 2. The Bertz CT molecular complexity index is 1130. The molecule has 0 saturated heterocycles. The summed E-state index contributed by atoms with van der Waals surface area (Å²) in [5.41, 5.74) is 4.16. The average molecular weight is 375 g/mol. The Morgan fingerprint density at radius 3 is 2.56 bits per heavy atom. The van der Waals surface area contributed by atoms with E-state index in [0.717, 1.165) is 27.7 Å². The van der Waals surface area contributed by atoms with Gasteiger partial charge in [-0.1, -0.05) is 48.5 Å². The number of para-hydroxylation sites is 1. The van der Waals surface area contributed by atoms with Gasteiger partial charge in [-0.25, -0.2) is 0 Å². The molecule has 0 aliphatic carbocycles. The normalized spacial score (nSPS) is 15.4. The summed E-state index contributed by atoms with van der Waals surface area (Å²) in [4.78, 5) is 28.0. The van der Waals surface area contributed by atoms with Crippen molar-refractivity contribution in [2.24, 2.45) is 12.0 Å². The molecule has 5 nitrogen and oxygen atoms in total. The van der Waals surface area contributed by atoms with Crippen LogP contribution in [0.15, 0.2) is 64.5 Å². The molecule has 134 valence electrons. The Morgan fingerprint density at radius 2 is 1.81 bits per heavy atom. The number of aliphatic imine (C=N–C) groups is 1. The predicted octanol–water partition coefficient (Wildman–Crippen LogP) is 3.95. The number of thioether (sulfide) groups is 1. The predicted molar refractivity (Wildman–Crippen MR) is 110 cm³/mol. The number of aromatic nitrogens is 1. The van der Waals surface area contributed by atoms with Crippen LogP contribution in [0.25, 0.3) is 28.2 Å². The maximum absolute atomic E-state index is 12.3. The van der Waals surface area contributed by atoms with Crippen molar-refractivity contribution in [1.82, 2.24) is 9.88 Å². The van der Waals surface area contributed by atoms with Gasteiger partial charge in [0.15, 0.2) is 5.17 Å². The van der Waals surface area contributed by atoms with E-state index < -0.39 is 0 Å². The van der Waals surface area contributed by atoms with Crippen molar-refractivity contribution in [3.05, 3.63) is 65.1 Å². The van der Waals surface area contributed by atoms with Gasteiger partial charge in [-0.2, -0.15) is 4.99 Å². The fraction of sp³-hybridized carbons (Fsp3) is 0.0952. The van der Waals surface area contributed by atoms with Crippen LogP contribution in [0.2, 0.25) is 0 Å².